The van der Waals surface area contributed by atoms with E-state index < -0.39 is 64.4 Å². The van der Waals surface area contributed by atoms with Gasteiger partial charge in [0.1, 0.15) is 5.75 Å². The third-order valence-electron chi connectivity index (χ3n) is 9.51. The number of Topliss-reactive ketones (excluding diaryl/α,β-unsaturated/α-hetero) is 4. The first-order valence-corrected chi connectivity index (χ1v) is 13.6. The zero-order chi connectivity index (χ0) is 29.8. The van der Waals surface area contributed by atoms with Gasteiger partial charge in [-0.3, -0.25) is 33.8 Å². The second kappa shape index (κ2) is 8.92. The monoisotopic (exact) mass is 554 g/mol. The van der Waals surface area contributed by atoms with Crippen molar-refractivity contribution >= 4 is 34.7 Å². The number of likely N-dealkylation sites (N-methyl/N-ethyl adjacent to an activating group) is 1. The van der Waals surface area contributed by atoms with E-state index in [0.29, 0.717) is 24.2 Å². The molecule has 2 fully saturated rings. The standard InChI is InChI=1S/C29H38N4O7/c1-28(2,3)33-10-14-15(11-33)22(34)18-13(20(14)31(4)5)8-12-9-16-21(32(6)7)24(36)19(27(30)39)26(38)29(16,40)25(37)17(12)23(18)35/h12,16-17,19,21,34,40H,8-11H2,1-7H3,(H2,30,39)/t12-,16-,17?,19?,21-,29-/m0/s1. The van der Waals surface area contributed by atoms with Crippen LogP contribution in [0.4, 0.5) is 5.69 Å². The number of nitrogens with two attached hydrogens (primary N) is 1. The van der Waals surface area contributed by atoms with Gasteiger partial charge in [0.15, 0.2) is 34.7 Å². The SMILES string of the molecule is CN(C)c1c2c(c(O)c3c1C[C@H]1C[C@H]4[C@H](N(C)C)C(=O)C(C(N)=O)C(=O)[C@@]4(O)C(=O)C1C3=O)CN(C(C)(C)C)C2. The number of hydrogen-bond acceptors (Lipinski definition) is 10. The van der Waals surface area contributed by atoms with E-state index in [0.717, 1.165) is 11.3 Å². The first kappa shape index (κ1) is 28.4. The molecule has 0 aromatic heterocycles. The maximum absolute atomic E-state index is 14.1. The number of carbonyl (C=O) groups excluding carboxylic acids is 5. The Hall–Kier alpha value is -3.15. The van der Waals surface area contributed by atoms with Crippen LogP contribution in [-0.4, -0.2) is 94.4 Å². The van der Waals surface area contributed by atoms with E-state index in [-0.39, 0.29) is 29.7 Å². The first-order valence-electron chi connectivity index (χ1n) is 13.6. The highest BCUT2D eigenvalue weighted by Gasteiger charge is 2.69. The van der Waals surface area contributed by atoms with Gasteiger partial charge in [-0.2, -0.15) is 0 Å². The Morgan fingerprint density at radius 1 is 1.00 bits per heavy atom. The van der Waals surface area contributed by atoms with Crippen LogP contribution >= 0.6 is 0 Å². The molecular formula is C29H38N4O7. The molecule has 1 amide bonds. The maximum Gasteiger partial charge on any atom is 0.235 e. The summed E-state index contributed by atoms with van der Waals surface area (Å²) in [7, 11) is 6.89. The topological polar surface area (TPSA) is 162 Å². The number of hydrogen-bond donors (Lipinski definition) is 3. The number of anilines is 1. The molecule has 2 saturated carbocycles. The summed E-state index contributed by atoms with van der Waals surface area (Å²) in [4.78, 5) is 72.7. The molecule has 0 saturated heterocycles. The van der Waals surface area contributed by atoms with Crippen LogP contribution < -0.4 is 10.6 Å². The van der Waals surface area contributed by atoms with Gasteiger partial charge in [-0.05, 0) is 64.8 Å². The molecule has 3 aliphatic carbocycles. The summed E-state index contributed by atoms with van der Waals surface area (Å²) in [5.41, 5.74) is 5.52. The summed E-state index contributed by atoms with van der Waals surface area (Å²) in [6.45, 7) is 7.23. The van der Waals surface area contributed by atoms with E-state index in [1.165, 1.54) is 4.90 Å². The third-order valence-corrected chi connectivity index (χ3v) is 9.51. The van der Waals surface area contributed by atoms with E-state index in [2.05, 4.69) is 25.7 Å². The number of carbonyl (C=O) groups is 5. The van der Waals surface area contributed by atoms with Crippen molar-refractivity contribution in [3.8, 4) is 5.75 Å². The predicted octanol–water partition coefficient (Wildman–Crippen LogP) is 0.0471. The van der Waals surface area contributed by atoms with Crippen LogP contribution in [0.2, 0.25) is 0 Å². The summed E-state index contributed by atoms with van der Waals surface area (Å²) in [5.74, 6) is -10.2. The van der Waals surface area contributed by atoms with Gasteiger partial charge >= 0.3 is 0 Å². The van der Waals surface area contributed by atoms with E-state index >= 15 is 0 Å². The summed E-state index contributed by atoms with van der Waals surface area (Å²) >= 11 is 0. The molecule has 0 radical (unpaired) electrons. The van der Waals surface area contributed by atoms with Gasteiger partial charge in [-0.15, -0.1) is 0 Å². The van der Waals surface area contributed by atoms with Crippen molar-refractivity contribution in [3.05, 3.63) is 22.3 Å². The minimum atomic E-state index is -2.73. The average molecular weight is 555 g/mol. The second-order valence-corrected chi connectivity index (χ2v) is 13.2. The summed E-state index contributed by atoms with van der Waals surface area (Å²) in [5, 5.41) is 23.3. The first-order chi connectivity index (χ1) is 18.4. The zero-order valence-electron chi connectivity index (χ0n) is 24.1. The largest absolute Gasteiger partial charge is 0.507 e. The van der Waals surface area contributed by atoms with Crippen molar-refractivity contribution in [1.29, 1.82) is 0 Å². The van der Waals surface area contributed by atoms with Gasteiger partial charge in [0.2, 0.25) is 5.91 Å². The number of phenolic OH excluding ortho intramolecular Hbond substituents is 1. The molecule has 4 N–H and O–H groups in total. The highest BCUT2D eigenvalue weighted by Crippen LogP contribution is 2.54. The molecule has 11 heteroatoms. The second-order valence-electron chi connectivity index (χ2n) is 13.2. The van der Waals surface area contributed by atoms with Crippen LogP contribution in [-0.2, 0) is 38.7 Å². The number of aromatic hydroxyl groups is 1. The summed E-state index contributed by atoms with van der Waals surface area (Å²) in [6.07, 6.45) is 0.276. The Bertz CT molecular complexity index is 1380. The Balaban J connectivity index is 1.68. The van der Waals surface area contributed by atoms with Gasteiger partial charge in [0, 0.05) is 49.9 Å². The Morgan fingerprint density at radius 3 is 2.12 bits per heavy atom. The fourth-order valence-corrected chi connectivity index (χ4v) is 7.62. The Morgan fingerprint density at radius 2 is 1.60 bits per heavy atom. The van der Waals surface area contributed by atoms with E-state index in [9.17, 15) is 34.2 Å². The number of nitrogens with zero attached hydrogens (tertiary/aromatic N) is 3. The minimum Gasteiger partial charge on any atom is -0.507 e. The summed E-state index contributed by atoms with van der Waals surface area (Å²) < 4.78 is 0. The quantitative estimate of drug-likeness (QED) is 0.435. The van der Waals surface area contributed by atoms with Gasteiger partial charge in [0.25, 0.3) is 0 Å². The highest BCUT2D eigenvalue weighted by molar-refractivity contribution is 6.32. The minimum absolute atomic E-state index is 0.0305. The molecule has 4 aliphatic rings. The number of benzene rings is 1. The Labute approximate surface area is 233 Å². The molecule has 0 spiro atoms. The number of phenols is 1. The molecule has 1 heterocycles. The van der Waals surface area contributed by atoms with E-state index in [1.807, 2.05) is 19.0 Å². The number of rotatable bonds is 3. The molecule has 1 aromatic rings. The molecule has 11 nitrogen and oxygen atoms in total. The lowest BCUT2D eigenvalue weighted by Gasteiger charge is -2.52. The zero-order valence-corrected chi connectivity index (χ0v) is 24.1. The fraction of sp³-hybridized carbons (Fsp3) is 0.621. The lowest BCUT2D eigenvalue weighted by molar-refractivity contribution is -0.181. The number of primary amides is 1. The van der Waals surface area contributed by atoms with Crippen molar-refractivity contribution < 1.29 is 34.2 Å². The molecule has 2 unspecified atom stereocenters. The smallest absolute Gasteiger partial charge is 0.235 e. The van der Waals surface area contributed by atoms with Crippen LogP contribution in [0, 0.1) is 23.7 Å². The van der Waals surface area contributed by atoms with Crippen LogP contribution in [0.3, 0.4) is 0 Å². The average Bonchev–Trinajstić information content (AvgIpc) is 3.27. The fourth-order valence-electron chi connectivity index (χ4n) is 7.62. The van der Waals surface area contributed by atoms with Gasteiger partial charge in [-0.25, -0.2) is 0 Å². The Kier molecular flexibility index (Phi) is 6.33. The van der Waals surface area contributed by atoms with Crippen LogP contribution in [0.25, 0.3) is 0 Å². The molecule has 40 heavy (non-hydrogen) atoms. The summed E-state index contributed by atoms with van der Waals surface area (Å²) in [6, 6.07) is -1.12. The van der Waals surface area contributed by atoms with Crippen molar-refractivity contribution in [2.24, 2.45) is 29.4 Å². The number of fused-ring (bicyclic) bond motifs is 4. The lowest BCUT2D eigenvalue weighted by atomic mass is 9.52. The van der Waals surface area contributed by atoms with E-state index in [1.54, 1.807) is 14.1 Å². The van der Waals surface area contributed by atoms with Crippen LogP contribution in [0.1, 0.15) is 54.2 Å². The third kappa shape index (κ3) is 3.63. The van der Waals surface area contributed by atoms with E-state index in [4.69, 9.17) is 5.73 Å². The highest BCUT2D eigenvalue weighted by atomic mass is 16.3. The van der Waals surface area contributed by atoms with Crippen LogP contribution in [0.15, 0.2) is 0 Å². The normalized spacial score (nSPS) is 32.1. The molecule has 5 rings (SSSR count). The van der Waals surface area contributed by atoms with Crippen molar-refractivity contribution in [1.82, 2.24) is 9.80 Å². The lowest BCUT2D eigenvalue weighted by Crippen LogP contribution is -2.74. The van der Waals surface area contributed by atoms with Gasteiger partial charge in [-0.1, -0.05) is 0 Å². The van der Waals surface area contributed by atoms with Crippen LogP contribution in [0.5, 0.6) is 5.75 Å². The predicted molar refractivity (Wildman–Crippen MR) is 145 cm³/mol. The molecular weight excluding hydrogens is 516 g/mol. The number of ketones is 4. The van der Waals surface area contributed by atoms with Crippen molar-refractivity contribution in [3.63, 3.8) is 0 Å². The molecule has 216 valence electrons. The molecule has 1 aromatic carbocycles. The number of amides is 1. The number of aliphatic hydroxyl groups is 1. The molecule has 1 aliphatic heterocycles. The maximum atomic E-state index is 14.1. The van der Waals surface area contributed by atoms with Crippen molar-refractivity contribution in [2.45, 2.75) is 63.9 Å². The van der Waals surface area contributed by atoms with Crippen molar-refractivity contribution in [2.75, 3.05) is 33.1 Å². The molecule has 0 bridgehead atoms. The molecule has 6 atom stereocenters. The van der Waals surface area contributed by atoms with Gasteiger partial charge in [0.05, 0.1) is 17.5 Å². The van der Waals surface area contributed by atoms with Gasteiger partial charge < -0.3 is 20.8 Å².